The molecule has 0 aromatic heterocycles. The van der Waals surface area contributed by atoms with Gasteiger partial charge in [0.2, 0.25) is 0 Å². The monoisotopic (exact) mass is 272 g/mol. The summed E-state index contributed by atoms with van der Waals surface area (Å²) in [4.78, 5) is 14.3. The van der Waals surface area contributed by atoms with Crippen molar-refractivity contribution in [1.82, 2.24) is 4.90 Å². The summed E-state index contributed by atoms with van der Waals surface area (Å²) in [5.74, 6) is 6.37. The van der Waals surface area contributed by atoms with Gasteiger partial charge in [0.15, 0.2) is 0 Å². The van der Waals surface area contributed by atoms with Gasteiger partial charge in [-0.05, 0) is 37.1 Å². The second-order valence-corrected chi connectivity index (χ2v) is 4.94. The molecular weight excluding hydrogens is 248 g/mol. The van der Waals surface area contributed by atoms with Crippen LogP contribution in [-0.2, 0) is 0 Å². The fraction of sp³-hybridized carbons (Fsp3) is 0.471. The molecule has 0 saturated carbocycles. The van der Waals surface area contributed by atoms with Gasteiger partial charge in [-0.15, -0.1) is 0 Å². The van der Waals surface area contributed by atoms with E-state index in [-0.39, 0.29) is 5.91 Å². The Morgan fingerprint density at radius 2 is 1.95 bits per heavy atom. The molecule has 0 spiro atoms. The minimum absolute atomic E-state index is 0.0890. The van der Waals surface area contributed by atoms with Crippen LogP contribution >= 0.6 is 0 Å². The fourth-order valence-corrected chi connectivity index (χ4v) is 1.89. The summed E-state index contributed by atoms with van der Waals surface area (Å²) in [7, 11) is 0. The van der Waals surface area contributed by atoms with Gasteiger partial charge in [0.05, 0.1) is 6.54 Å². The molecule has 0 aliphatic rings. The SMILES string of the molecule is CCC(C)CN(CC)C(=O)c1ccc(C#CCN)cc1. The molecule has 0 aliphatic heterocycles. The molecule has 0 heterocycles. The molecule has 1 rings (SSSR count). The number of hydrogen-bond donors (Lipinski definition) is 1. The van der Waals surface area contributed by atoms with Crippen LogP contribution in [0.2, 0.25) is 0 Å². The lowest BCUT2D eigenvalue weighted by molar-refractivity contribution is 0.0741. The van der Waals surface area contributed by atoms with Gasteiger partial charge in [0, 0.05) is 24.2 Å². The molecule has 0 aliphatic carbocycles. The Kier molecular flexibility index (Phi) is 6.83. The number of nitrogens with zero attached hydrogens (tertiary/aromatic N) is 1. The molecule has 0 fully saturated rings. The van der Waals surface area contributed by atoms with E-state index in [0.29, 0.717) is 18.0 Å². The number of amides is 1. The molecule has 0 bridgehead atoms. The van der Waals surface area contributed by atoms with E-state index in [1.807, 2.05) is 36.1 Å². The summed E-state index contributed by atoms with van der Waals surface area (Å²) in [6, 6.07) is 7.41. The zero-order chi connectivity index (χ0) is 15.0. The number of benzene rings is 1. The zero-order valence-electron chi connectivity index (χ0n) is 12.6. The molecule has 1 atom stereocenters. The van der Waals surface area contributed by atoms with E-state index >= 15 is 0 Å². The fourth-order valence-electron chi connectivity index (χ4n) is 1.89. The van der Waals surface area contributed by atoms with E-state index in [9.17, 15) is 4.79 Å². The van der Waals surface area contributed by atoms with Crippen molar-refractivity contribution in [1.29, 1.82) is 0 Å². The normalized spacial score (nSPS) is 11.4. The second kappa shape index (κ2) is 8.39. The minimum atomic E-state index is 0.0890. The summed E-state index contributed by atoms with van der Waals surface area (Å²) in [5.41, 5.74) is 6.94. The van der Waals surface area contributed by atoms with Gasteiger partial charge < -0.3 is 10.6 Å². The van der Waals surface area contributed by atoms with Crippen LogP contribution in [-0.4, -0.2) is 30.4 Å². The Balaban J connectivity index is 2.79. The minimum Gasteiger partial charge on any atom is -0.339 e. The highest BCUT2D eigenvalue weighted by Crippen LogP contribution is 2.10. The predicted molar refractivity (Wildman–Crippen MR) is 83.4 cm³/mol. The van der Waals surface area contributed by atoms with Crippen molar-refractivity contribution in [3.8, 4) is 11.8 Å². The lowest BCUT2D eigenvalue weighted by atomic mass is 10.1. The number of hydrogen-bond acceptors (Lipinski definition) is 2. The average Bonchev–Trinajstić information content (AvgIpc) is 2.50. The zero-order valence-corrected chi connectivity index (χ0v) is 12.6. The number of rotatable bonds is 5. The molecule has 108 valence electrons. The van der Waals surface area contributed by atoms with Gasteiger partial charge in [0.1, 0.15) is 0 Å². The van der Waals surface area contributed by atoms with Crippen LogP contribution in [0.3, 0.4) is 0 Å². The third-order valence-electron chi connectivity index (χ3n) is 3.36. The maximum absolute atomic E-state index is 12.4. The summed E-state index contributed by atoms with van der Waals surface area (Å²) < 4.78 is 0. The Morgan fingerprint density at radius 1 is 1.30 bits per heavy atom. The Labute approximate surface area is 122 Å². The highest BCUT2D eigenvalue weighted by Gasteiger charge is 2.15. The molecule has 3 heteroatoms. The van der Waals surface area contributed by atoms with Gasteiger partial charge in [0.25, 0.3) is 5.91 Å². The highest BCUT2D eigenvalue weighted by molar-refractivity contribution is 5.94. The van der Waals surface area contributed by atoms with Crippen molar-refractivity contribution in [2.24, 2.45) is 11.7 Å². The standard InChI is InChI=1S/C17H24N2O/c1-4-14(3)13-19(5-2)17(20)16-10-8-15(9-11-16)7-6-12-18/h8-11,14H,4-5,12-13,18H2,1-3H3. The van der Waals surface area contributed by atoms with E-state index < -0.39 is 0 Å². The van der Waals surface area contributed by atoms with Gasteiger partial charge >= 0.3 is 0 Å². The number of carbonyl (C=O) groups is 1. The molecule has 0 saturated heterocycles. The number of nitrogens with two attached hydrogens (primary N) is 1. The Bertz CT molecular complexity index is 482. The third-order valence-corrected chi connectivity index (χ3v) is 3.36. The maximum Gasteiger partial charge on any atom is 0.253 e. The molecule has 1 amide bonds. The summed E-state index contributed by atoms with van der Waals surface area (Å²) >= 11 is 0. The Morgan fingerprint density at radius 3 is 2.45 bits per heavy atom. The molecule has 1 unspecified atom stereocenters. The molecule has 3 nitrogen and oxygen atoms in total. The first-order valence-corrected chi connectivity index (χ1v) is 7.20. The van der Waals surface area contributed by atoms with Crippen molar-refractivity contribution in [3.63, 3.8) is 0 Å². The lowest BCUT2D eigenvalue weighted by Gasteiger charge is -2.24. The van der Waals surface area contributed by atoms with Crippen LogP contribution in [0, 0.1) is 17.8 Å². The molecule has 1 aromatic carbocycles. The van der Waals surface area contributed by atoms with Crippen LogP contribution in [0.4, 0.5) is 0 Å². The summed E-state index contributed by atoms with van der Waals surface area (Å²) in [6.45, 7) is 8.22. The van der Waals surface area contributed by atoms with Gasteiger partial charge in [-0.1, -0.05) is 32.1 Å². The maximum atomic E-state index is 12.4. The molecular formula is C17H24N2O. The predicted octanol–water partition coefficient (Wildman–Crippen LogP) is 2.50. The van der Waals surface area contributed by atoms with Gasteiger partial charge in [-0.25, -0.2) is 0 Å². The van der Waals surface area contributed by atoms with Crippen LogP contribution in [0.15, 0.2) is 24.3 Å². The largest absolute Gasteiger partial charge is 0.339 e. The third kappa shape index (κ3) is 4.71. The van der Waals surface area contributed by atoms with Crippen molar-refractivity contribution >= 4 is 5.91 Å². The lowest BCUT2D eigenvalue weighted by Crippen LogP contribution is -2.34. The van der Waals surface area contributed by atoms with Crippen molar-refractivity contribution < 1.29 is 4.79 Å². The quantitative estimate of drug-likeness (QED) is 0.837. The van der Waals surface area contributed by atoms with Crippen molar-refractivity contribution in [3.05, 3.63) is 35.4 Å². The second-order valence-electron chi connectivity index (χ2n) is 4.94. The van der Waals surface area contributed by atoms with E-state index in [0.717, 1.165) is 25.1 Å². The topological polar surface area (TPSA) is 46.3 Å². The average molecular weight is 272 g/mol. The van der Waals surface area contributed by atoms with E-state index in [4.69, 9.17) is 5.73 Å². The van der Waals surface area contributed by atoms with Gasteiger partial charge in [-0.2, -0.15) is 0 Å². The van der Waals surface area contributed by atoms with Crippen LogP contribution < -0.4 is 5.73 Å². The van der Waals surface area contributed by atoms with Crippen molar-refractivity contribution in [2.45, 2.75) is 27.2 Å². The van der Waals surface area contributed by atoms with E-state index in [1.54, 1.807) is 0 Å². The van der Waals surface area contributed by atoms with Crippen molar-refractivity contribution in [2.75, 3.05) is 19.6 Å². The molecule has 0 radical (unpaired) electrons. The molecule has 1 aromatic rings. The highest BCUT2D eigenvalue weighted by atomic mass is 16.2. The Hall–Kier alpha value is -1.79. The van der Waals surface area contributed by atoms with Gasteiger partial charge in [-0.3, -0.25) is 4.79 Å². The summed E-state index contributed by atoms with van der Waals surface area (Å²) in [5, 5.41) is 0. The first-order chi connectivity index (χ1) is 9.62. The molecule has 2 N–H and O–H groups in total. The van der Waals surface area contributed by atoms with E-state index in [2.05, 4.69) is 25.7 Å². The van der Waals surface area contributed by atoms with Crippen LogP contribution in [0.1, 0.15) is 43.1 Å². The number of carbonyl (C=O) groups excluding carboxylic acids is 1. The van der Waals surface area contributed by atoms with E-state index in [1.165, 1.54) is 0 Å². The molecule has 20 heavy (non-hydrogen) atoms. The summed E-state index contributed by atoms with van der Waals surface area (Å²) in [6.07, 6.45) is 1.08. The van der Waals surface area contributed by atoms with Crippen LogP contribution in [0.5, 0.6) is 0 Å². The first-order valence-electron chi connectivity index (χ1n) is 7.20. The van der Waals surface area contributed by atoms with Crippen LogP contribution in [0.25, 0.3) is 0 Å². The smallest absolute Gasteiger partial charge is 0.253 e. The first kappa shape index (κ1) is 16.3.